The summed E-state index contributed by atoms with van der Waals surface area (Å²) in [6.07, 6.45) is -3.12. The van der Waals surface area contributed by atoms with Crippen LogP contribution in [0.2, 0.25) is 0 Å². The number of pyridine rings is 1. The molecular weight excluding hydrogens is 205 g/mol. The molecule has 0 aromatic carbocycles. The van der Waals surface area contributed by atoms with Crippen LogP contribution < -0.4 is 5.32 Å². The summed E-state index contributed by atoms with van der Waals surface area (Å²) in [5.41, 5.74) is -0.273. The van der Waals surface area contributed by atoms with Crippen LogP contribution in [0.15, 0.2) is 18.3 Å². The highest BCUT2D eigenvalue weighted by Gasteiger charge is 2.30. The molecule has 0 aliphatic rings. The van der Waals surface area contributed by atoms with Crippen molar-refractivity contribution < 1.29 is 13.2 Å². The van der Waals surface area contributed by atoms with E-state index in [0.717, 1.165) is 18.3 Å². The van der Waals surface area contributed by atoms with Crippen LogP contribution in [0.1, 0.15) is 25.1 Å². The Balaban J connectivity index is 0.000000921. The van der Waals surface area contributed by atoms with Crippen molar-refractivity contribution in [3.63, 3.8) is 0 Å². The highest BCUT2D eigenvalue weighted by Crippen LogP contribution is 2.28. The molecule has 2 nitrogen and oxygen atoms in total. The van der Waals surface area contributed by atoms with Crippen molar-refractivity contribution >= 4 is 0 Å². The van der Waals surface area contributed by atoms with Crippen molar-refractivity contribution in [2.75, 3.05) is 7.05 Å². The van der Waals surface area contributed by atoms with Gasteiger partial charge in [-0.2, -0.15) is 13.2 Å². The zero-order valence-electron chi connectivity index (χ0n) is 9.02. The van der Waals surface area contributed by atoms with E-state index >= 15 is 0 Å². The van der Waals surface area contributed by atoms with Crippen LogP contribution in [-0.4, -0.2) is 12.0 Å². The van der Waals surface area contributed by atoms with Crippen molar-refractivity contribution in [3.8, 4) is 0 Å². The van der Waals surface area contributed by atoms with Gasteiger partial charge in [0.05, 0.1) is 11.3 Å². The monoisotopic (exact) mass is 220 g/mol. The summed E-state index contributed by atoms with van der Waals surface area (Å²) in [5.74, 6) is 0. The molecule has 15 heavy (non-hydrogen) atoms. The fourth-order valence-electron chi connectivity index (χ4n) is 0.932. The summed E-state index contributed by atoms with van der Waals surface area (Å²) in [5, 5.41) is 2.73. The Morgan fingerprint density at radius 1 is 1.33 bits per heavy atom. The lowest BCUT2D eigenvalue weighted by Crippen LogP contribution is -2.10. The summed E-state index contributed by atoms with van der Waals surface area (Å²) in [6, 6.07) is 2.00. The van der Waals surface area contributed by atoms with Crippen molar-refractivity contribution in [1.29, 1.82) is 0 Å². The average molecular weight is 220 g/mol. The maximum atomic E-state index is 12.2. The van der Waals surface area contributed by atoms with E-state index in [4.69, 9.17) is 0 Å². The van der Waals surface area contributed by atoms with Gasteiger partial charge in [-0.1, -0.05) is 13.8 Å². The second-order valence-electron chi connectivity index (χ2n) is 2.56. The molecule has 1 rings (SSSR count). The average Bonchev–Trinajstić information content (AvgIpc) is 2.21. The number of hydrogen-bond donors (Lipinski definition) is 1. The fraction of sp³-hybridized carbons (Fsp3) is 0.500. The lowest BCUT2D eigenvalue weighted by atomic mass is 10.2. The topological polar surface area (TPSA) is 24.9 Å². The first-order valence-electron chi connectivity index (χ1n) is 4.71. The minimum Gasteiger partial charge on any atom is -0.314 e. The highest BCUT2D eigenvalue weighted by atomic mass is 19.4. The smallest absolute Gasteiger partial charge is 0.314 e. The van der Waals surface area contributed by atoms with Gasteiger partial charge in [-0.15, -0.1) is 0 Å². The Morgan fingerprint density at radius 2 is 1.93 bits per heavy atom. The van der Waals surface area contributed by atoms with Crippen molar-refractivity contribution in [1.82, 2.24) is 10.3 Å². The van der Waals surface area contributed by atoms with E-state index in [9.17, 15) is 13.2 Å². The van der Waals surface area contributed by atoms with Crippen LogP contribution >= 0.6 is 0 Å². The third kappa shape index (κ3) is 4.78. The summed E-state index contributed by atoms with van der Waals surface area (Å²) in [6.45, 7) is 4.34. The first kappa shape index (κ1) is 13.9. The number of nitrogens with one attached hydrogen (secondary N) is 1. The standard InChI is InChI=1S/C8H9F3N2.C2H6/c1-12-5-7-4-6(2-3-13-7)8(9,10)11;1-2/h2-4,12H,5H2,1H3;1-2H3. The molecule has 1 N–H and O–H groups in total. The molecular formula is C10H15F3N2. The fourth-order valence-corrected chi connectivity index (χ4v) is 0.932. The van der Waals surface area contributed by atoms with Gasteiger partial charge >= 0.3 is 6.18 Å². The number of rotatable bonds is 2. The normalized spacial score (nSPS) is 10.5. The number of aromatic nitrogens is 1. The summed E-state index contributed by atoms with van der Waals surface area (Å²) in [7, 11) is 1.65. The molecule has 0 radical (unpaired) electrons. The summed E-state index contributed by atoms with van der Waals surface area (Å²) >= 11 is 0. The molecule has 0 aliphatic carbocycles. The molecule has 1 aromatic heterocycles. The van der Waals surface area contributed by atoms with Gasteiger partial charge in [0.1, 0.15) is 0 Å². The highest BCUT2D eigenvalue weighted by molar-refractivity contribution is 5.19. The van der Waals surface area contributed by atoms with E-state index in [1.54, 1.807) is 7.05 Å². The predicted octanol–water partition coefficient (Wildman–Crippen LogP) is 2.85. The molecule has 0 bridgehead atoms. The Kier molecular flexibility index (Phi) is 5.93. The van der Waals surface area contributed by atoms with Crippen LogP contribution in [-0.2, 0) is 12.7 Å². The predicted molar refractivity (Wildman–Crippen MR) is 53.4 cm³/mol. The van der Waals surface area contributed by atoms with E-state index in [2.05, 4.69) is 10.3 Å². The van der Waals surface area contributed by atoms with Crippen molar-refractivity contribution in [2.45, 2.75) is 26.6 Å². The first-order chi connectivity index (χ1) is 7.04. The van der Waals surface area contributed by atoms with E-state index in [1.165, 1.54) is 0 Å². The van der Waals surface area contributed by atoms with E-state index in [1.807, 2.05) is 13.8 Å². The van der Waals surface area contributed by atoms with E-state index in [0.29, 0.717) is 12.2 Å². The van der Waals surface area contributed by atoms with Crippen molar-refractivity contribution in [2.24, 2.45) is 0 Å². The van der Waals surface area contributed by atoms with Crippen molar-refractivity contribution in [3.05, 3.63) is 29.6 Å². The summed E-state index contributed by atoms with van der Waals surface area (Å²) < 4.78 is 36.5. The van der Waals surface area contributed by atoms with Gasteiger partial charge in [0.2, 0.25) is 0 Å². The maximum absolute atomic E-state index is 12.2. The second kappa shape index (κ2) is 6.40. The Labute approximate surface area is 87.5 Å². The zero-order valence-corrected chi connectivity index (χ0v) is 9.02. The Morgan fingerprint density at radius 3 is 2.40 bits per heavy atom. The number of alkyl halides is 3. The van der Waals surface area contributed by atoms with Crippen LogP contribution in [0.5, 0.6) is 0 Å². The molecule has 0 atom stereocenters. The quantitative estimate of drug-likeness (QED) is 0.829. The van der Waals surface area contributed by atoms with E-state index < -0.39 is 11.7 Å². The van der Waals surface area contributed by atoms with Crippen LogP contribution in [0.4, 0.5) is 13.2 Å². The van der Waals surface area contributed by atoms with Gasteiger partial charge in [-0.05, 0) is 19.2 Å². The molecule has 0 spiro atoms. The zero-order chi connectivity index (χ0) is 11.9. The van der Waals surface area contributed by atoms with Gasteiger partial charge in [-0.25, -0.2) is 0 Å². The van der Waals surface area contributed by atoms with Crippen LogP contribution in [0, 0.1) is 0 Å². The van der Waals surface area contributed by atoms with Gasteiger partial charge in [0.25, 0.3) is 0 Å². The first-order valence-corrected chi connectivity index (χ1v) is 4.71. The number of halogens is 3. The van der Waals surface area contributed by atoms with E-state index in [-0.39, 0.29) is 0 Å². The van der Waals surface area contributed by atoms with Gasteiger partial charge in [-0.3, -0.25) is 4.98 Å². The van der Waals surface area contributed by atoms with Crippen LogP contribution in [0.25, 0.3) is 0 Å². The lowest BCUT2D eigenvalue weighted by molar-refractivity contribution is -0.137. The molecule has 0 aliphatic heterocycles. The van der Waals surface area contributed by atoms with Gasteiger partial charge in [0.15, 0.2) is 0 Å². The lowest BCUT2D eigenvalue weighted by Gasteiger charge is -2.07. The second-order valence-corrected chi connectivity index (χ2v) is 2.56. The molecule has 0 fully saturated rings. The largest absolute Gasteiger partial charge is 0.416 e. The SMILES string of the molecule is CC.CNCc1cc(C(F)(F)F)ccn1. The van der Waals surface area contributed by atoms with Gasteiger partial charge in [0, 0.05) is 12.7 Å². The Bertz CT molecular complexity index is 284. The molecule has 0 unspecified atom stereocenters. The number of hydrogen-bond acceptors (Lipinski definition) is 2. The maximum Gasteiger partial charge on any atom is 0.416 e. The molecule has 1 heterocycles. The minimum atomic E-state index is -4.29. The summed E-state index contributed by atoms with van der Waals surface area (Å²) in [4.78, 5) is 3.78. The third-order valence-corrected chi connectivity index (χ3v) is 1.50. The molecule has 0 saturated carbocycles. The molecule has 0 amide bonds. The molecule has 0 saturated heterocycles. The van der Waals surface area contributed by atoms with Crippen LogP contribution in [0.3, 0.4) is 0 Å². The third-order valence-electron chi connectivity index (χ3n) is 1.50. The molecule has 5 heteroatoms. The molecule has 86 valence electrons. The molecule has 1 aromatic rings. The van der Waals surface area contributed by atoms with Gasteiger partial charge < -0.3 is 5.32 Å². The Hall–Kier alpha value is -1.10. The number of nitrogens with zero attached hydrogens (tertiary/aromatic N) is 1. The minimum absolute atomic E-state index is 0.337.